The molecule has 0 aromatic carbocycles. The third kappa shape index (κ3) is 5.78. The van der Waals surface area contributed by atoms with E-state index in [9.17, 15) is 4.79 Å². The van der Waals surface area contributed by atoms with Crippen LogP contribution in [0.1, 0.15) is 46.5 Å². The van der Waals surface area contributed by atoms with E-state index in [1.807, 2.05) is 20.8 Å². The Kier molecular flexibility index (Phi) is 4.58. The molecular formula is C12H23NO2. The number of hydrogen-bond donors (Lipinski definition) is 0. The SMILES string of the molecule is CC(C)(C)OC(=O)CCCN1CCCC1. The van der Waals surface area contributed by atoms with Crippen LogP contribution < -0.4 is 0 Å². The van der Waals surface area contributed by atoms with Gasteiger partial charge >= 0.3 is 5.97 Å². The standard InChI is InChI=1S/C12H23NO2/c1-12(2,3)15-11(14)7-6-10-13-8-4-5-9-13/h4-10H2,1-3H3. The Balaban J connectivity index is 2.06. The summed E-state index contributed by atoms with van der Waals surface area (Å²) in [5.41, 5.74) is -0.343. The molecule has 1 saturated heterocycles. The van der Waals surface area contributed by atoms with Crippen LogP contribution in [0.5, 0.6) is 0 Å². The van der Waals surface area contributed by atoms with E-state index in [1.165, 1.54) is 25.9 Å². The lowest BCUT2D eigenvalue weighted by Gasteiger charge is -2.20. The van der Waals surface area contributed by atoms with Gasteiger partial charge in [-0.15, -0.1) is 0 Å². The van der Waals surface area contributed by atoms with Crippen LogP contribution in [0.25, 0.3) is 0 Å². The number of ether oxygens (including phenoxy) is 1. The molecule has 0 saturated carbocycles. The molecule has 1 rings (SSSR count). The van der Waals surface area contributed by atoms with E-state index in [0.717, 1.165) is 13.0 Å². The fraction of sp³-hybridized carbons (Fsp3) is 0.917. The summed E-state index contributed by atoms with van der Waals surface area (Å²) in [5, 5.41) is 0. The fourth-order valence-corrected chi connectivity index (χ4v) is 1.85. The molecule has 0 unspecified atom stereocenters. The average Bonchev–Trinajstić information content (AvgIpc) is 2.53. The largest absolute Gasteiger partial charge is 0.460 e. The Morgan fingerprint density at radius 3 is 2.40 bits per heavy atom. The summed E-state index contributed by atoms with van der Waals surface area (Å²) in [6, 6.07) is 0. The second-order valence-electron chi connectivity index (χ2n) is 5.24. The van der Waals surface area contributed by atoms with Crippen molar-refractivity contribution < 1.29 is 9.53 Å². The fourth-order valence-electron chi connectivity index (χ4n) is 1.85. The molecule has 1 aliphatic rings. The lowest BCUT2D eigenvalue weighted by atomic mass is 10.2. The molecule has 3 heteroatoms. The van der Waals surface area contributed by atoms with Gasteiger partial charge in [-0.1, -0.05) is 0 Å². The molecule has 1 aliphatic heterocycles. The van der Waals surface area contributed by atoms with Crippen LogP contribution in [0.4, 0.5) is 0 Å². The Labute approximate surface area is 92.8 Å². The van der Waals surface area contributed by atoms with E-state index >= 15 is 0 Å². The van der Waals surface area contributed by atoms with E-state index in [0.29, 0.717) is 6.42 Å². The summed E-state index contributed by atoms with van der Waals surface area (Å²) in [4.78, 5) is 13.8. The highest BCUT2D eigenvalue weighted by atomic mass is 16.6. The minimum atomic E-state index is -0.343. The molecule has 15 heavy (non-hydrogen) atoms. The van der Waals surface area contributed by atoms with Gasteiger partial charge in [0.15, 0.2) is 0 Å². The molecule has 0 radical (unpaired) electrons. The average molecular weight is 213 g/mol. The van der Waals surface area contributed by atoms with Crippen LogP contribution >= 0.6 is 0 Å². The Hall–Kier alpha value is -0.570. The maximum absolute atomic E-state index is 11.4. The molecule has 0 amide bonds. The van der Waals surface area contributed by atoms with E-state index in [4.69, 9.17) is 4.74 Å². The van der Waals surface area contributed by atoms with E-state index in [2.05, 4.69) is 4.90 Å². The quantitative estimate of drug-likeness (QED) is 0.670. The summed E-state index contributed by atoms with van der Waals surface area (Å²) >= 11 is 0. The molecule has 0 spiro atoms. The second-order valence-corrected chi connectivity index (χ2v) is 5.24. The van der Waals surface area contributed by atoms with Gasteiger partial charge in [-0.2, -0.15) is 0 Å². The Morgan fingerprint density at radius 1 is 1.27 bits per heavy atom. The molecule has 1 fully saturated rings. The van der Waals surface area contributed by atoms with Crippen molar-refractivity contribution in [2.75, 3.05) is 19.6 Å². The van der Waals surface area contributed by atoms with Gasteiger partial charge in [0, 0.05) is 6.42 Å². The van der Waals surface area contributed by atoms with Gasteiger partial charge in [-0.25, -0.2) is 0 Å². The van der Waals surface area contributed by atoms with Gasteiger partial charge in [-0.3, -0.25) is 4.79 Å². The number of carbonyl (C=O) groups excluding carboxylic acids is 1. The number of hydrogen-bond acceptors (Lipinski definition) is 3. The maximum Gasteiger partial charge on any atom is 0.306 e. The molecule has 0 N–H and O–H groups in total. The molecule has 3 nitrogen and oxygen atoms in total. The Morgan fingerprint density at radius 2 is 1.87 bits per heavy atom. The first-order valence-corrected chi connectivity index (χ1v) is 5.91. The summed E-state index contributed by atoms with van der Waals surface area (Å²) in [5.74, 6) is -0.0679. The van der Waals surface area contributed by atoms with Crippen molar-refractivity contribution in [3.8, 4) is 0 Å². The van der Waals surface area contributed by atoms with Crippen molar-refractivity contribution in [2.45, 2.75) is 52.1 Å². The lowest BCUT2D eigenvalue weighted by molar-refractivity contribution is -0.154. The first-order chi connectivity index (χ1) is 6.97. The normalized spacial score (nSPS) is 18.1. The number of nitrogens with zero attached hydrogens (tertiary/aromatic N) is 1. The van der Waals surface area contributed by atoms with Crippen LogP contribution in [0.3, 0.4) is 0 Å². The van der Waals surface area contributed by atoms with Crippen molar-refractivity contribution in [1.82, 2.24) is 4.90 Å². The van der Waals surface area contributed by atoms with Crippen LogP contribution in [0.2, 0.25) is 0 Å². The minimum absolute atomic E-state index is 0.0679. The van der Waals surface area contributed by atoms with Crippen molar-refractivity contribution in [3.63, 3.8) is 0 Å². The summed E-state index contributed by atoms with van der Waals surface area (Å²) < 4.78 is 5.24. The van der Waals surface area contributed by atoms with Gasteiger partial charge < -0.3 is 9.64 Å². The molecular weight excluding hydrogens is 190 g/mol. The minimum Gasteiger partial charge on any atom is -0.460 e. The van der Waals surface area contributed by atoms with Crippen molar-refractivity contribution in [3.05, 3.63) is 0 Å². The number of carbonyl (C=O) groups is 1. The van der Waals surface area contributed by atoms with Crippen LogP contribution in [0.15, 0.2) is 0 Å². The maximum atomic E-state index is 11.4. The van der Waals surface area contributed by atoms with E-state index < -0.39 is 0 Å². The topological polar surface area (TPSA) is 29.5 Å². The first kappa shape index (κ1) is 12.5. The molecule has 88 valence electrons. The van der Waals surface area contributed by atoms with Crippen molar-refractivity contribution >= 4 is 5.97 Å². The van der Waals surface area contributed by atoms with Gasteiger partial charge in [0.2, 0.25) is 0 Å². The van der Waals surface area contributed by atoms with Gasteiger partial charge in [0.05, 0.1) is 0 Å². The van der Waals surface area contributed by atoms with Gasteiger partial charge in [0.25, 0.3) is 0 Å². The third-order valence-electron chi connectivity index (χ3n) is 2.47. The molecule has 1 heterocycles. The Bertz CT molecular complexity index is 202. The zero-order valence-corrected chi connectivity index (χ0v) is 10.2. The molecule has 0 atom stereocenters. The highest BCUT2D eigenvalue weighted by Crippen LogP contribution is 2.11. The number of esters is 1. The molecule has 0 aliphatic carbocycles. The predicted molar refractivity (Wildman–Crippen MR) is 60.8 cm³/mol. The monoisotopic (exact) mass is 213 g/mol. The predicted octanol–water partition coefficient (Wildman–Crippen LogP) is 2.20. The first-order valence-electron chi connectivity index (χ1n) is 5.91. The van der Waals surface area contributed by atoms with Gasteiger partial charge in [0.1, 0.15) is 5.60 Å². The summed E-state index contributed by atoms with van der Waals surface area (Å²) in [6.45, 7) is 9.17. The second kappa shape index (κ2) is 5.50. The summed E-state index contributed by atoms with van der Waals surface area (Å²) in [7, 11) is 0. The zero-order chi connectivity index (χ0) is 11.3. The van der Waals surface area contributed by atoms with Crippen LogP contribution in [0, 0.1) is 0 Å². The molecule has 0 aromatic rings. The molecule has 0 bridgehead atoms. The van der Waals surface area contributed by atoms with E-state index in [-0.39, 0.29) is 11.6 Å². The smallest absolute Gasteiger partial charge is 0.306 e. The van der Waals surface area contributed by atoms with Crippen LogP contribution in [-0.4, -0.2) is 36.1 Å². The number of likely N-dealkylation sites (tertiary alicyclic amines) is 1. The highest BCUT2D eigenvalue weighted by Gasteiger charge is 2.16. The zero-order valence-electron chi connectivity index (χ0n) is 10.2. The number of rotatable bonds is 4. The van der Waals surface area contributed by atoms with Gasteiger partial charge in [-0.05, 0) is 59.7 Å². The van der Waals surface area contributed by atoms with Crippen molar-refractivity contribution in [1.29, 1.82) is 0 Å². The molecule has 0 aromatic heterocycles. The third-order valence-corrected chi connectivity index (χ3v) is 2.47. The highest BCUT2D eigenvalue weighted by molar-refractivity contribution is 5.69. The van der Waals surface area contributed by atoms with Crippen LogP contribution in [-0.2, 0) is 9.53 Å². The summed E-state index contributed by atoms with van der Waals surface area (Å²) in [6.07, 6.45) is 4.10. The van der Waals surface area contributed by atoms with E-state index in [1.54, 1.807) is 0 Å². The van der Waals surface area contributed by atoms with Crippen molar-refractivity contribution in [2.24, 2.45) is 0 Å². The lowest BCUT2D eigenvalue weighted by Crippen LogP contribution is -2.25.